The van der Waals surface area contributed by atoms with Crippen LogP contribution in [0.25, 0.3) is 0 Å². The van der Waals surface area contributed by atoms with Gasteiger partial charge in [0.05, 0.1) is 5.69 Å². The third-order valence-corrected chi connectivity index (χ3v) is 2.04. The molecule has 7 heteroatoms. The highest BCUT2D eigenvalue weighted by Gasteiger charge is 2.06. The fourth-order valence-corrected chi connectivity index (χ4v) is 1.25. The maximum Gasteiger partial charge on any atom is 0.324 e. The number of rotatable bonds is 2. The van der Waals surface area contributed by atoms with Crippen molar-refractivity contribution in [3.8, 4) is 0 Å². The highest BCUT2D eigenvalue weighted by molar-refractivity contribution is 5.99. The molecule has 0 spiro atoms. The summed E-state index contributed by atoms with van der Waals surface area (Å²) in [6, 6.07) is 7.66. The molecule has 0 unspecified atom stereocenters. The van der Waals surface area contributed by atoms with Gasteiger partial charge < -0.3 is 5.32 Å². The van der Waals surface area contributed by atoms with Crippen molar-refractivity contribution in [3.63, 3.8) is 0 Å². The van der Waals surface area contributed by atoms with Crippen molar-refractivity contribution in [3.05, 3.63) is 52.6 Å². The van der Waals surface area contributed by atoms with E-state index >= 15 is 0 Å². The lowest BCUT2D eigenvalue weighted by Crippen LogP contribution is -2.21. The van der Waals surface area contributed by atoms with E-state index in [2.05, 4.69) is 20.8 Å². The van der Waals surface area contributed by atoms with Gasteiger partial charge in [-0.1, -0.05) is 12.1 Å². The number of para-hydroxylation sites is 1. The lowest BCUT2D eigenvalue weighted by Gasteiger charge is -2.06. The average molecular weight is 248 g/mol. The Morgan fingerprint density at radius 1 is 1.17 bits per heavy atom. The lowest BCUT2D eigenvalue weighted by atomic mass is 10.3. The number of H-pyrrole nitrogens is 1. The number of aromatic amines is 1. The number of anilines is 2. The monoisotopic (exact) mass is 248 g/mol. The second-order valence-corrected chi connectivity index (χ2v) is 3.37. The van der Waals surface area contributed by atoms with E-state index < -0.39 is 11.8 Å². The minimum atomic E-state index is -0.653. The number of nitrogens with zero attached hydrogens (tertiary/aromatic N) is 1. The molecule has 0 fully saturated rings. The van der Waals surface area contributed by atoms with Gasteiger partial charge in [0.1, 0.15) is 5.82 Å². The first-order valence-electron chi connectivity index (χ1n) is 5.03. The van der Waals surface area contributed by atoms with Gasteiger partial charge in [-0.3, -0.25) is 10.1 Å². The number of nitrogens with one attached hydrogen (secondary N) is 3. The van der Waals surface area contributed by atoms with Crippen LogP contribution in [0, 0.1) is 5.82 Å². The van der Waals surface area contributed by atoms with E-state index in [-0.39, 0.29) is 17.1 Å². The summed E-state index contributed by atoms with van der Waals surface area (Å²) in [6.07, 6.45) is 0. The van der Waals surface area contributed by atoms with E-state index in [0.717, 1.165) is 0 Å². The smallest absolute Gasteiger partial charge is 0.305 e. The van der Waals surface area contributed by atoms with Gasteiger partial charge in [0.25, 0.3) is 5.56 Å². The zero-order chi connectivity index (χ0) is 13.0. The van der Waals surface area contributed by atoms with Crippen LogP contribution in [0.15, 0.2) is 41.2 Å². The molecule has 1 heterocycles. The number of urea groups is 1. The largest absolute Gasteiger partial charge is 0.324 e. The number of hydrogen-bond donors (Lipinski definition) is 3. The fourth-order valence-electron chi connectivity index (χ4n) is 1.25. The van der Waals surface area contributed by atoms with Crippen molar-refractivity contribution in [2.24, 2.45) is 0 Å². The predicted molar refractivity (Wildman–Crippen MR) is 63.9 cm³/mol. The summed E-state index contributed by atoms with van der Waals surface area (Å²) in [5.41, 5.74) is -0.325. The third-order valence-electron chi connectivity index (χ3n) is 2.04. The maximum atomic E-state index is 13.2. The molecular weight excluding hydrogens is 239 g/mol. The van der Waals surface area contributed by atoms with Gasteiger partial charge in [-0.05, 0) is 18.2 Å². The number of benzene rings is 1. The van der Waals surface area contributed by atoms with Crippen LogP contribution in [0.1, 0.15) is 0 Å². The number of hydrogen-bond acceptors (Lipinski definition) is 3. The SMILES string of the molecule is O=C(Nc1ccc(=O)[nH]n1)Nc1ccccc1F. The number of carbonyl (C=O) groups is 1. The molecule has 0 aliphatic carbocycles. The summed E-state index contributed by atoms with van der Waals surface area (Å²) in [4.78, 5) is 22.2. The summed E-state index contributed by atoms with van der Waals surface area (Å²) in [5, 5.41) is 10.4. The van der Waals surface area contributed by atoms with Crippen LogP contribution in [0.2, 0.25) is 0 Å². The van der Waals surface area contributed by atoms with Crippen LogP contribution in [-0.2, 0) is 0 Å². The third kappa shape index (κ3) is 2.91. The molecule has 18 heavy (non-hydrogen) atoms. The van der Waals surface area contributed by atoms with Crippen molar-refractivity contribution in [2.75, 3.05) is 10.6 Å². The molecule has 2 aromatic rings. The van der Waals surface area contributed by atoms with E-state index in [1.165, 1.54) is 30.3 Å². The maximum absolute atomic E-state index is 13.2. The molecule has 0 aliphatic heterocycles. The molecule has 0 radical (unpaired) electrons. The molecule has 2 amide bonds. The highest BCUT2D eigenvalue weighted by atomic mass is 19.1. The van der Waals surface area contributed by atoms with Gasteiger partial charge in [0.15, 0.2) is 5.82 Å². The molecule has 6 nitrogen and oxygen atoms in total. The molecule has 3 N–H and O–H groups in total. The standard InChI is InChI=1S/C11H9FN4O2/c12-7-3-1-2-4-8(7)13-11(18)14-9-5-6-10(17)16-15-9/h1-6H,(H,16,17)(H2,13,14,15,18). The van der Waals surface area contributed by atoms with E-state index in [1.54, 1.807) is 6.07 Å². The van der Waals surface area contributed by atoms with Gasteiger partial charge in [0, 0.05) is 6.07 Å². The first kappa shape index (κ1) is 11.8. The highest BCUT2D eigenvalue weighted by Crippen LogP contribution is 2.12. The van der Waals surface area contributed by atoms with E-state index in [0.29, 0.717) is 0 Å². The van der Waals surface area contributed by atoms with Gasteiger partial charge in [0.2, 0.25) is 0 Å². The zero-order valence-corrected chi connectivity index (χ0v) is 9.11. The molecule has 0 saturated heterocycles. The molecule has 0 atom stereocenters. The summed E-state index contributed by atoms with van der Waals surface area (Å²) in [7, 11) is 0. The minimum Gasteiger partial charge on any atom is -0.305 e. The van der Waals surface area contributed by atoms with Gasteiger partial charge in [-0.15, -0.1) is 0 Å². The molecule has 2 rings (SSSR count). The average Bonchev–Trinajstić information content (AvgIpc) is 2.35. The van der Waals surface area contributed by atoms with Crippen LogP contribution < -0.4 is 16.2 Å². The van der Waals surface area contributed by atoms with E-state index in [9.17, 15) is 14.0 Å². The van der Waals surface area contributed by atoms with Crippen molar-refractivity contribution >= 4 is 17.5 Å². The molecule has 92 valence electrons. The van der Waals surface area contributed by atoms with Gasteiger partial charge in [-0.2, -0.15) is 5.10 Å². The Kier molecular flexibility index (Phi) is 3.33. The molecule has 0 saturated carbocycles. The first-order chi connectivity index (χ1) is 8.65. The number of aromatic nitrogens is 2. The van der Waals surface area contributed by atoms with Crippen LogP contribution in [0.3, 0.4) is 0 Å². The number of carbonyl (C=O) groups excluding carboxylic acids is 1. The Labute approximate surface area is 101 Å². The van der Waals surface area contributed by atoms with Crippen molar-refractivity contribution < 1.29 is 9.18 Å². The first-order valence-corrected chi connectivity index (χ1v) is 5.03. The quantitative estimate of drug-likeness (QED) is 0.753. The fraction of sp³-hybridized carbons (Fsp3) is 0. The molecule has 0 bridgehead atoms. The zero-order valence-electron chi connectivity index (χ0n) is 9.11. The van der Waals surface area contributed by atoms with E-state index in [1.807, 2.05) is 0 Å². The number of amides is 2. The second kappa shape index (κ2) is 5.09. The van der Waals surface area contributed by atoms with Gasteiger partial charge in [-0.25, -0.2) is 14.3 Å². The van der Waals surface area contributed by atoms with Gasteiger partial charge >= 0.3 is 6.03 Å². The Hall–Kier alpha value is -2.70. The Morgan fingerprint density at radius 2 is 1.94 bits per heavy atom. The summed E-state index contributed by atoms with van der Waals surface area (Å²) >= 11 is 0. The lowest BCUT2D eigenvalue weighted by molar-refractivity contribution is 0.262. The normalized spacial score (nSPS) is 9.83. The topological polar surface area (TPSA) is 86.9 Å². The molecule has 0 aliphatic rings. The van der Waals surface area contributed by atoms with Crippen LogP contribution in [0.5, 0.6) is 0 Å². The Balaban J connectivity index is 2.03. The van der Waals surface area contributed by atoms with E-state index in [4.69, 9.17) is 0 Å². The summed E-state index contributed by atoms with van der Waals surface area (Å²) in [5.74, 6) is -0.384. The second-order valence-electron chi connectivity index (χ2n) is 3.37. The Bertz CT molecular complexity index is 606. The van der Waals surface area contributed by atoms with Crippen molar-refractivity contribution in [2.45, 2.75) is 0 Å². The molecule has 1 aromatic heterocycles. The molecular formula is C11H9FN4O2. The predicted octanol–water partition coefficient (Wildman–Crippen LogP) is 1.55. The summed E-state index contributed by atoms with van der Waals surface area (Å²) < 4.78 is 13.2. The number of halogens is 1. The minimum absolute atomic E-state index is 0.0550. The Morgan fingerprint density at radius 3 is 2.61 bits per heavy atom. The van der Waals surface area contributed by atoms with Crippen LogP contribution >= 0.6 is 0 Å². The summed E-state index contributed by atoms with van der Waals surface area (Å²) in [6.45, 7) is 0. The van der Waals surface area contributed by atoms with Crippen molar-refractivity contribution in [1.82, 2.24) is 10.2 Å². The van der Waals surface area contributed by atoms with Crippen molar-refractivity contribution in [1.29, 1.82) is 0 Å². The van der Waals surface area contributed by atoms with Crippen LogP contribution in [-0.4, -0.2) is 16.2 Å². The molecule has 1 aromatic carbocycles. The van der Waals surface area contributed by atoms with Crippen LogP contribution in [0.4, 0.5) is 20.7 Å².